The van der Waals surface area contributed by atoms with Crippen LogP contribution >= 0.6 is 11.3 Å². The smallest absolute Gasteiger partial charge is 0.406 e. The van der Waals surface area contributed by atoms with Crippen molar-refractivity contribution >= 4 is 22.9 Å². The summed E-state index contributed by atoms with van der Waals surface area (Å²) in [5, 5.41) is 9.57. The van der Waals surface area contributed by atoms with E-state index < -0.39 is 12.4 Å². The van der Waals surface area contributed by atoms with Gasteiger partial charge in [0.15, 0.2) is 10.6 Å². The fraction of sp³-hybridized carbons (Fsp3) is 0.257. The standard InChI is InChI=1S/C35H33F3N6O2S/c1-21(2)31-22(3)7-5-10-30(31)44-23(4)19-47-34(44)41-33(45)40-29-9-6-8-28(29)24-11-13-25(14-12-24)32-39-20-43(42-32)26-15-17-27(18-16-26)46-35(36,37)38/h5,7,10-21H,6,8-9H2,1-4H3,(H,40,45)/b41-34-. The van der Waals surface area contributed by atoms with Gasteiger partial charge in [0.1, 0.15) is 12.1 Å². The van der Waals surface area contributed by atoms with E-state index in [4.69, 9.17) is 0 Å². The Balaban J connectivity index is 1.20. The molecule has 0 atom stereocenters. The Hall–Kier alpha value is -4.97. The maximum absolute atomic E-state index is 13.3. The molecule has 47 heavy (non-hydrogen) atoms. The Morgan fingerprint density at radius 2 is 1.72 bits per heavy atom. The summed E-state index contributed by atoms with van der Waals surface area (Å²) in [6.07, 6.45) is -0.757. The van der Waals surface area contributed by atoms with Crippen LogP contribution in [0, 0.1) is 13.8 Å². The van der Waals surface area contributed by atoms with Gasteiger partial charge in [-0.15, -0.1) is 29.6 Å². The van der Waals surface area contributed by atoms with Crippen LogP contribution in [0.4, 0.5) is 18.0 Å². The van der Waals surface area contributed by atoms with Crippen LogP contribution in [0.15, 0.2) is 89.1 Å². The average Bonchev–Trinajstić information content (AvgIpc) is 3.77. The number of nitrogens with one attached hydrogen (secondary N) is 1. The first-order valence-corrected chi connectivity index (χ1v) is 16.1. The van der Waals surface area contributed by atoms with Crippen LogP contribution in [-0.2, 0) is 0 Å². The Kier molecular flexibility index (Phi) is 8.87. The van der Waals surface area contributed by atoms with Gasteiger partial charge < -0.3 is 10.1 Å². The molecule has 2 amide bonds. The summed E-state index contributed by atoms with van der Waals surface area (Å²) >= 11 is 1.44. The van der Waals surface area contributed by atoms with Gasteiger partial charge in [-0.05, 0) is 91.6 Å². The number of thiazole rings is 1. The fourth-order valence-corrected chi connectivity index (χ4v) is 6.82. The third-order valence-electron chi connectivity index (χ3n) is 7.99. The second kappa shape index (κ2) is 13.0. The van der Waals surface area contributed by atoms with E-state index in [0.29, 0.717) is 22.2 Å². The van der Waals surface area contributed by atoms with Crippen molar-refractivity contribution in [2.75, 3.05) is 0 Å². The molecule has 0 unspecified atom stereocenters. The first-order chi connectivity index (χ1) is 22.5. The second-order valence-corrected chi connectivity index (χ2v) is 12.5. The first kappa shape index (κ1) is 32.0. The van der Waals surface area contributed by atoms with Gasteiger partial charge in [0.25, 0.3) is 0 Å². The number of nitrogens with zero attached hydrogens (tertiary/aromatic N) is 5. The molecule has 6 rings (SSSR count). The molecule has 0 saturated carbocycles. The second-order valence-electron chi connectivity index (χ2n) is 11.6. The van der Waals surface area contributed by atoms with Crippen LogP contribution < -0.4 is 14.9 Å². The number of allylic oxidation sites excluding steroid dienone is 2. The molecule has 0 spiro atoms. The molecule has 1 aliphatic rings. The lowest BCUT2D eigenvalue weighted by molar-refractivity contribution is -0.274. The topological polar surface area (TPSA) is 86.3 Å². The molecular weight excluding hydrogens is 625 g/mol. The molecule has 0 radical (unpaired) electrons. The van der Waals surface area contributed by atoms with Gasteiger partial charge in [0.05, 0.1) is 11.4 Å². The fourth-order valence-electron chi connectivity index (χ4n) is 5.96. The molecule has 0 fully saturated rings. The summed E-state index contributed by atoms with van der Waals surface area (Å²) in [5.41, 5.74) is 8.73. The van der Waals surface area contributed by atoms with Crippen LogP contribution in [0.1, 0.15) is 61.4 Å². The Bertz CT molecular complexity index is 2020. The van der Waals surface area contributed by atoms with Crippen LogP contribution in [0.5, 0.6) is 5.75 Å². The molecule has 1 aliphatic carbocycles. The minimum Gasteiger partial charge on any atom is -0.406 e. The molecule has 0 aliphatic heterocycles. The van der Waals surface area contributed by atoms with Crippen LogP contribution in [0.3, 0.4) is 0 Å². The highest BCUT2D eigenvalue weighted by molar-refractivity contribution is 7.07. The molecule has 3 aromatic carbocycles. The minimum atomic E-state index is -4.75. The maximum Gasteiger partial charge on any atom is 0.573 e. The third kappa shape index (κ3) is 7.07. The number of amides is 2. The van der Waals surface area contributed by atoms with Crippen molar-refractivity contribution in [3.63, 3.8) is 0 Å². The van der Waals surface area contributed by atoms with Gasteiger partial charge in [-0.3, -0.25) is 4.57 Å². The lowest BCUT2D eigenvalue weighted by atomic mass is 9.96. The number of halogens is 3. The summed E-state index contributed by atoms with van der Waals surface area (Å²) in [6, 6.07) is 19.0. The monoisotopic (exact) mass is 658 g/mol. The SMILES string of the molecule is Cc1cccc(-n2c(C)cs/c2=N\C(=O)NC2=C(c3ccc(-c4ncn(-c5ccc(OC(F)(F)F)cc5)n4)cc3)CCC2)c1C(C)C. The number of carbonyl (C=O) groups excluding carboxylic acids is 1. The lowest BCUT2D eigenvalue weighted by Crippen LogP contribution is -2.24. The van der Waals surface area contributed by atoms with E-state index >= 15 is 0 Å². The molecule has 12 heteroatoms. The number of alkyl halides is 3. The van der Waals surface area contributed by atoms with Gasteiger partial charge in [0.2, 0.25) is 0 Å². The van der Waals surface area contributed by atoms with Crippen molar-refractivity contribution < 1.29 is 22.7 Å². The highest BCUT2D eigenvalue weighted by atomic mass is 32.1. The predicted octanol–water partition coefficient (Wildman–Crippen LogP) is 8.63. The molecule has 0 saturated heterocycles. The van der Waals surface area contributed by atoms with Crippen LogP contribution in [0.2, 0.25) is 0 Å². The molecular formula is C35H33F3N6O2S. The van der Waals surface area contributed by atoms with Crippen molar-refractivity contribution in [2.24, 2.45) is 4.99 Å². The third-order valence-corrected chi connectivity index (χ3v) is 8.93. The Labute approximate surface area is 273 Å². The number of ether oxygens (including phenoxy) is 1. The van der Waals surface area contributed by atoms with Crippen LogP contribution in [0.25, 0.3) is 28.3 Å². The van der Waals surface area contributed by atoms with Gasteiger partial charge in [-0.1, -0.05) is 50.2 Å². The van der Waals surface area contributed by atoms with Crippen molar-refractivity contribution in [3.05, 3.63) is 111 Å². The number of benzene rings is 3. The summed E-state index contributed by atoms with van der Waals surface area (Å²) in [5.74, 6) is 0.468. The van der Waals surface area contributed by atoms with E-state index in [1.807, 2.05) is 42.6 Å². The maximum atomic E-state index is 13.3. The van der Waals surface area contributed by atoms with Gasteiger partial charge in [0, 0.05) is 22.3 Å². The van der Waals surface area contributed by atoms with Gasteiger partial charge >= 0.3 is 12.4 Å². The molecule has 0 bridgehead atoms. The number of aromatic nitrogens is 4. The van der Waals surface area contributed by atoms with Gasteiger partial charge in [-0.25, -0.2) is 14.5 Å². The van der Waals surface area contributed by atoms with E-state index in [2.05, 4.69) is 62.6 Å². The number of rotatable bonds is 7. The zero-order chi connectivity index (χ0) is 33.3. The summed E-state index contributed by atoms with van der Waals surface area (Å²) in [7, 11) is 0. The predicted molar refractivity (Wildman–Crippen MR) is 176 cm³/mol. The first-order valence-electron chi connectivity index (χ1n) is 15.2. The molecule has 2 aromatic heterocycles. The average molecular weight is 659 g/mol. The summed E-state index contributed by atoms with van der Waals surface area (Å²) < 4.78 is 44.9. The highest BCUT2D eigenvalue weighted by Gasteiger charge is 2.31. The summed E-state index contributed by atoms with van der Waals surface area (Å²) in [4.78, 5) is 22.8. The molecule has 5 aromatic rings. The van der Waals surface area contributed by atoms with Crippen LogP contribution in [-0.4, -0.2) is 31.7 Å². The molecule has 2 heterocycles. The lowest BCUT2D eigenvalue weighted by Gasteiger charge is -2.17. The number of urea groups is 1. The number of carbonyl (C=O) groups is 1. The van der Waals surface area contributed by atoms with Crippen molar-refractivity contribution in [1.29, 1.82) is 0 Å². The largest absolute Gasteiger partial charge is 0.573 e. The highest BCUT2D eigenvalue weighted by Crippen LogP contribution is 2.33. The normalized spacial score (nSPS) is 13.9. The zero-order valence-electron chi connectivity index (χ0n) is 26.3. The minimum absolute atomic E-state index is 0.310. The summed E-state index contributed by atoms with van der Waals surface area (Å²) in [6.45, 7) is 8.47. The number of aryl methyl sites for hydroxylation is 2. The van der Waals surface area contributed by atoms with Gasteiger partial charge in [-0.2, -0.15) is 4.99 Å². The zero-order valence-corrected chi connectivity index (χ0v) is 27.1. The van der Waals surface area contributed by atoms with Crippen molar-refractivity contribution in [3.8, 4) is 28.5 Å². The Morgan fingerprint density at radius 3 is 2.43 bits per heavy atom. The van der Waals surface area contributed by atoms with E-state index in [-0.39, 0.29) is 5.75 Å². The quantitative estimate of drug-likeness (QED) is 0.190. The van der Waals surface area contributed by atoms with E-state index in [1.165, 1.54) is 57.7 Å². The Morgan fingerprint density at radius 1 is 1.00 bits per heavy atom. The number of hydrogen-bond acceptors (Lipinski definition) is 5. The van der Waals surface area contributed by atoms with E-state index in [9.17, 15) is 18.0 Å². The molecule has 1 N–H and O–H groups in total. The van der Waals surface area contributed by atoms with Crippen molar-refractivity contribution in [1.82, 2.24) is 24.6 Å². The van der Waals surface area contributed by atoms with Crippen molar-refractivity contribution in [2.45, 2.75) is 59.2 Å². The van der Waals surface area contributed by atoms with E-state index in [1.54, 1.807) is 0 Å². The molecule has 242 valence electrons. The molecule has 8 nitrogen and oxygen atoms in total. The van der Waals surface area contributed by atoms with E-state index in [0.717, 1.165) is 53.0 Å². The number of hydrogen-bond donors (Lipinski definition) is 1.